The lowest BCUT2D eigenvalue weighted by atomic mass is 9.85. The van der Waals surface area contributed by atoms with Crippen LogP contribution in [0.1, 0.15) is 54.8 Å². The second-order valence-corrected chi connectivity index (χ2v) is 8.98. The average Bonchev–Trinajstić information content (AvgIpc) is 3.15. The number of carbonyl (C=O) groups excluding carboxylic acids is 2. The Hall–Kier alpha value is -2.73. The summed E-state index contributed by atoms with van der Waals surface area (Å²) in [7, 11) is 0. The Kier molecular flexibility index (Phi) is 4.46. The van der Waals surface area contributed by atoms with Gasteiger partial charge in [-0.1, -0.05) is 6.07 Å². The zero-order valence-electron chi connectivity index (χ0n) is 16.7. The molecule has 0 spiro atoms. The Balaban J connectivity index is 1.84. The molecule has 6 heteroatoms. The van der Waals surface area contributed by atoms with Crippen LogP contribution in [0, 0.1) is 34.6 Å². The van der Waals surface area contributed by atoms with Gasteiger partial charge in [0.1, 0.15) is 5.82 Å². The monoisotopic (exact) mass is 393 g/mol. The van der Waals surface area contributed by atoms with Crippen molar-refractivity contribution >= 4 is 28.8 Å². The van der Waals surface area contributed by atoms with Gasteiger partial charge in [0, 0.05) is 27.3 Å². The van der Waals surface area contributed by atoms with E-state index in [1.165, 1.54) is 5.56 Å². The predicted octanol–water partition coefficient (Wildman–Crippen LogP) is 4.78. The number of aryl methyl sites for hydroxylation is 5. The summed E-state index contributed by atoms with van der Waals surface area (Å²) in [6.45, 7) is 9.97. The van der Waals surface area contributed by atoms with Crippen LogP contribution < -0.4 is 5.32 Å². The lowest BCUT2D eigenvalue weighted by Crippen LogP contribution is -2.28. The summed E-state index contributed by atoms with van der Waals surface area (Å²) in [5.74, 6) is -0.0437. The molecule has 0 saturated carbocycles. The van der Waals surface area contributed by atoms with Crippen LogP contribution in [0.15, 0.2) is 24.3 Å². The van der Waals surface area contributed by atoms with E-state index in [-0.39, 0.29) is 18.1 Å². The van der Waals surface area contributed by atoms with E-state index in [2.05, 4.69) is 17.3 Å². The topological polar surface area (TPSA) is 64.0 Å². The minimum Gasteiger partial charge on any atom is -0.310 e. The maximum Gasteiger partial charge on any atom is 0.226 e. The van der Waals surface area contributed by atoms with Crippen molar-refractivity contribution in [2.24, 2.45) is 0 Å². The lowest BCUT2D eigenvalue weighted by Gasteiger charge is -2.23. The number of rotatable bonds is 3. The zero-order valence-corrected chi connectivity index (χ0v) is 17.5. The average molecular weight is 394 g/mol. The molecule has 1 N–H and O–H groups in total. The van der Waals surface area contributed by atoms with Crippen molar-refractivity contribution in [1.29, 1.82) is 0 Å². The van der Waals surface area contributed by atoms with Gasteiger partial charge in [0.25, 0.3) is 0 Å². The van der Waals surface area contributed by atoms with Gasteiger partial charge in [-0.15, -0.1) is 11.3 Å². The van der Waals surface area contributed by atoms with E-state index in [9.17, 15) is 9.59 Å². The molecule has 3 heterocycles. The summed E-state index contributed by atoms with van der Waals surface area (Å²) in [4.78, 5) is 27.9. The van der Waals surface area contributed by atoms with Gasteiger partial charge in [-0.2, -0.15) is 5.10 Å². The number of benzene rings is 1. The highest BCUT2D eigenvalue weighted by Gasteiger charge is 2.37. The van der Waals surface area contributed by atoms with Crippen LogP contribution in [0.5, 0.6) is 0 Å². The van der Waals surface area contributed by atoms with Crippen molar-refractivity contribution in [1.82, 2.24) is 9.78 Å². The van der Waals surface area contributed by atoms with E-state index in [4.69, 9.17) is 0 Å². The SMILES string of the molecule is Cc1cc(C(=O)C2CC(=O)Nc3c2c(C)nn3-c2ccc(C)c(C)c2)c(C)s1. The van der Waals surface area contributed by atoms with Crippen LogP contribution >= 0.6 is 11.3 Å². The summed E-state index contributed by atoms with van der Waals surface area (Å²) < 4.78 is 1.75. The fraction of sp³-hybridized carbons (Fsp3) is 0.318. The number of nitrogens with zero attached hydrogens (tertiary/aromatic N) is 2. The summed E-state index contributed by atoms with van der Waals surface area (Å²) >= 11 is 1.61. The van der Waals surface area contributed by atoms with Crippen LogP contribution in [-0.2, 0) is 4.79 Å². The number of amides is 1. The molecule has 1 unspecified atom stereocenters. The number of anilines is 1. The minimum atomic E-state index is -0.503. The molecule has 0 fully saturated rings. The Labute approximate surface area is 168 Å². The molecule has 1 atom stereocenters. The van der Waals surface area contributed by atoms with Crippen molar-refractivity contribution < 1.29 is 9.59 Å². The van der Waals surface area contributed by atoms with Gasteiger partial charge in [-0.25, -0.2) is 4.68 Å². The molecule has 2 aromatic heterocycles. The molecule has 0 saturated heterocycles. The number of ketones is 1. The van der Waals surface area contributed by atoms with E-state index in [0.29, 0.717) is 11.4 Å². The Morgan fingerprint density at radius 1 is 1.14 bits per heavy atom. The number of hydrogen-bond donors (Lipinski definition) is 1. The third-order valence-electron chi connectivity index (χ3n) is 5.46. The second-order valence-electron chi connectivity index (χ2n) is 7.52. The maximum atomic E-state index is 13.3. The van der Waals surface area contributed by atoms with Gasteiger partial charge in [0.2, 0.25) is 5.91 Å². The van der Waals surface area contributed by atoms with Gasteiger partial charge in [0.15, 0.2) is 5.78 Å². The first kappa shape index (κ1) is 18.6. The number of fused-ring (bicyclic) bond motifs is 1. The van der Waals surface area contributed by atoms with Gasteiger partial charge in [-0.05, 0) is 63.9 Å². The first-order valence-electron chi connectivity index (χ1n) is 9.34. The van der Waals surface area contributed by atoms with Gasteiger partial charge >= 0.3 is 0 Å². The number of Topliss-reactive ketones (excluding diaryl/α,β-unsaturated/α-hetero) is 1. The molecule has 28 heavy (non-hydrogen) atoms. The standard InChI is InChI=1S/C22H23N3O2S/c1-11-6-7-16(8-12(11)2)25-22-20(14(4)24-25)18(10-19(26)23-22)21(27)17-9-13(3)28-15(17)5/h6-9,18H,10H2,1-5H3,(H,23,26). The summed E-state index contributed by atoms with van der Waals surface area (Å²) in [6.07, 6.45) is 0.152. The van der Waals surface area contributed by atoms with Crippen LogP contribution in [0.3, 0.4) is 0 Å². The van der Waals surface area contributed by atoms with E-state index < -0.39 is 5.92 Å². The molecule has 0 radical (unpaired) electrons. The second kappa shape index (κ2) is 6.71. The highest BCUT2D eigenvalue weighted by molar-refractivity contribution is 7.12. The molecule has 1 aliphatic heterocycles. The van der Waals surface area contributed by atoms with Crippen LogP contribution in [-0.4, -0.2) is 21.5 Å². The highest BCUT2D eigenvalue weighted by atomic mass is 32.1. The smallest absolute Gasteiger partial charge is 0.226 e. The van der Waals surface area contributed by atoms with Crippen LogP contribution in [0.2, 0.25) is 0 Å². The summed E-state index contributed by atoms with van der Waals surface area (Å²) in [6, 6.07) is 8.00. The minimum absolute atomic E-state index is 0.000636. The number of nitrogens with one attached hydrogen (secondary N) is 1. The normalized spacial score (nSPS) is 16.0. The zero-order chi connectivity index (χ0) is 20.2. The predicted molar refractivity (Wildman–Crippen MR) is 112 cm³/mol. The largest absolute Gasteiger partial charge is 0.310 e. The van der Waals surface area contributed by atoms with Crippen LogP contribution in [0.4, 0.5) is 5.82 Å². The van der Waals surface area contributed by atoms with Crippen molar-refractivity contribution in [2.45, 2.75) is 47.0 Å². The number of thiophene rings is 1. The third-order valence-corrected chi connectivity index (χ3v) is 6.43. The van der Waals surface area contributed by atoms with Gasteiger partial charge in [-0.3, -0.25) is 9.59 Å². The molecule has 0 aliphatic carbocycles. The number of aromatic nitrogens is 2. The quantitative estimate of drug-likeness (QED) is 0.651. The van der Waals surface area contributed by atoms with Crippen molar-refractivity contribution in [2.75, 3.05) is 5.32 Å². The number of carbonyl (C=O) groups is 2. The third kappa shape index (κ3) is 2.98. The van der Waals surface area contributed by atoms with E-state index in [0.717, 1.165) is 32.3 Å². The molecular formula is C22H23N3O2S. The maximum absolute atomic E-state index is 13.3. The Morgan fingerprint density at radius 3 is 2.54 bits per heavy atom. The fourth-order valence-electron chi connectivity index (χ4n) is 3.88. The molecular weight excluding hydrogens is 370 g/mol. The van der Waals surface area contributed by atoms with Crippen LogP contribution in [0.25, 0.3) is 5.69 Å². The first-order chi connectivity index (χ1) is 13.3. The van der Waals surface area contributed by atoms with E-state index in [1.807, 2.05) is 52.0 Å². The summed E-state index contributed by atoms with van der Waals surface area (Å²) in [5, 5.41) is 7.62. The first-order valence-corrected chi connectivity index (χ1v) is 10.2. The fourth-order valence-corrected chi connectivity index (χ4v) is 4.81. The van der Waals surface area contributed by atoms with Crippen molar-refractivity contribution in [3.8, 4) is 5.69 Å². The van der Waals surface area contributed by atoms with E-state index >= 15 is 0 Å². The highest BCUT2D eigenvalue weighted by Crippen LogP contribution is 2.39. The Bertz CT molecular complexity index is 1120. The molecule has 3 aromatic rings. The van der Waals surface area contributed by atoms with Crippen molar-refractivity contribution in [3.05, 3.63) is 62.0 Å². The molecule has 1 aliphatic rings. The van der Waals surface area contributed by atoms with E-state index in [1.54, 1.807) is 16.0 Å². The van der Waals surface area contributed by atoms with Gasteiger partial charge < -0.3 is 5.32 Å². The molecule has 1 aromatic carbocycles. The molecule has 4 rings (SSSR count). The lowest BCUT2D eigenvalue weighted by molar-refractivity contribution is -0.116. The molecule has 1 amide bonds. The molecule has 5 nitrogen and oxygen atoms in total. The molecule has 0 bridgehead atoms. The molecule has 144 valence electrons. The summed E-state index contributed by atoms with van der Waals surface area (Å²) in [5.41, 5.74) is 5.54. The number of hydrogen-bond acceptors (Lipinski definition) is 4. The Morgan fingerprint density at radius 2 is 1.89 bits per heavy atom. The van der Waals surface area contributed by atoms with Crippen molar-refractivity contribution in [3.63, 3.8) is 0 Å². The van der Waals surface area contributed by atoms with Gasteiger partial charge in [0.05, 0.1) is 17.3 Å².